The van der Waals surface area contributed by atoms with Crippen molar-refractivity contribution < 1.29 is 10.0 Å². The smallest absolute Gasteiger partial charge is 0.423 e. The topological polar surface area (TPSA) is 40.5 Å². The number of hydrogen-bond acceptors (Lipinski definition) is 3. The normalized spacial score (nSPS) is 10.5. The van der Waals surface area contributed by atoms with E-state index in [1.807, 2.05) is 36.5 Å². The summed E-state index contributed by atoms with van der Waals surface area (Å²) in [6.07, 6.45) is 1.75. The summed E-state index contributed by atoms with van der Waals surface area (Å²) in [5.74, 6) is 0. The average Bonchev–Trinajstić information content (AvgIpc) is 3.19. The lowest BCUT2D eigenvalue weighted by Crippen LogP contribution is -2.29. The van der Waals surface area contributed by atoms with E-state index in [0.29, 0.717) is 5.46 Å². The second kappa shape index (κ2) is 9.31. The molecule has 0 spiro atoms. The van der Waals surface area contributed by atoms with Gasteiger partial charge >= 0.3 is 7.12 Å². The number of fused-ring (bicyclic) bond motifs is 3. The molecule has 1 heterocycles. The van der Waals surface area contributed by atoms with E-state index in [2.05, 4.69) is 73.3 Å². The van der Waals surface area contributed by atoms with Gasteiger partial charge in [-0.2, -0.15) is 0 Å². The van der Waals surface area contributed by atoms with Gasteiger partial charge in [0.05, 0.1) is 0 Å². The van der Waals surface area contributed by atoms with Crippen LogP contribution in [0.1, 0.15) is 6.92 Å². The fourth-order valence-electron chi connectivity index (χ4n) is 3.72. The first-order valence-corrected chi connectivity index (χ1v) is 11.0. The van der Waals surface area contributed by atoms with Gasteiger partial charge < -0.3 is 10.0 Å². The van der Waals surface area contributed by atoms with Crippen LogP contribution in [-0.2, 0) is 0 Å². The minimum Gasteiger partial charge on any atom is -0.423 e. The molecule has 152 valence electrons. The number of thiophene rings is 1. The molecule has 31 heavy (non-hydrogen) atoms. The van der Waals surface area contributed by atoms with Gasteiger partial charge in [-0.15, -0.1) is 17.9 Å². The molecule has 0 aliphatic carbocycles. The first-order valence-electron chi connectivity index (χ1n) is 10.2. The van der Waals surface area contributed by atoms with Crippen molar-refractivity contribution >= 4 is 44.1 Å². The van der Waals surface area contributed by atoms with Gasteiger partial charge in [-0.1, -0.05) is 84.9 Å². The molecular weight excluding hydrogens is 399 g/mol. The van der Waals surface area contributed by atoms with Crippen molar-refractivity contribution in [2.75, 3.05) is 0 Å². The standard InChI is InChI=1S/C24H17BO2S.C3H6/c26-25(27)19-9-4-7-17(15-19)16-6-3-8-18(14-16)20-11-5-12-22-21-10-1-2-13-23(21)28-24(20)22;1-3-2/h1-15,26-27H;3H,1H2,2H3. The summed E-state index contributed by atoms with van der Waals surface area (Å²) in [5, 5.41) is 21.5. The first kappa shape index (κ1) is 21.1. The van der Waals surface area contributed by atoms with E-state index in [4.69, 9.17) is 0 Å². The van der Waals surface area contributed by atoms with Crippen LogP contribution >= 0.6 is 11.3 Å². The van der Waals surface area contributed by atoms with Gasteiger partial charge in [-0.05, 0) is 46.8 Å². The molecular formula is C27H23BO2S. The monoisotopic (exact) mass is 422 g/mol. The number of allylic oxidation sites excluding steroid dienone is 1. The van der Waals surface area contributed by atoms with Gasteiger partial charge in [-0.3, -0.25) is 0 Å². The summed E-state index contributed by atoms with van der Waals surface area (Å²) in [7, 11) is -1.46. The Labute approximate surface area is 186 Å². The highest BCUT2D eigenvalue weighted by atomic mass is 32.1. The third-order valence-corrected chi connectivity index (χ3v) is 6.32. The van der Waals surface area contributed by atoms with Gasteiger partial charge in [0, 0.05) is 20.2 Å². The molecule has 0 aliphatic rings. The minimum absolute atomic E-state index is 0.495. The molecule has 0 saturated heterocycles. The van der Waals surface area contributed by atoms with Gasteiger partial charge in [0.1, 0.15) is 0 Å². The number of hydrogen-bond donors (Lipinski definition) is 2. The van der Waals surface area contributed by atoms with Crippen LogP contribution < -0.4 is 5.46 Å². The Morgan fingerprint density at radius 1 is 0.742 bits per heavy atom. The van der Waals surface area contributed by atoms with Gasteiger partial charge in [-0.25, -0.2) is 0 Å². The second-order valence-corrected chi connectivity index (χ2v) is 8.32. The summed E-state index contributed by atoms with van der Waals surface area (Å²) in [6.45, 7) is 5.25. The SMILES string of the molecule is C=CC.OB(O)c1cccc(-c2cccc(-c3cccc4c3sc3ccccc34)c2)c1. The summed E-state index contributed by atoms with van der Waals surface area (Å²) >= 11 is 1.83. The molecule has 2 nitrogen and oxygen atoms in total. The van der Waals surface area contributed by atoms with Crippen LogP contribution in [0.4, 0.5) is 0 Å². The van der Waals surface area contributed by atoms with E-state index in [1.165, 1.54) is 25.7 Å². The van der Waals surface area contributed by atoms with Gasteiger partial charge in [0.15, 0.2) is 0 Å². The van der Waals surface area contributed by atoms with E-state index in [1.54, 1.807) is 12.1 Å². The van der Waals surface area contributed by atoms with Crippen molar-refractivity contribution in [3.63, 3.8) is 0 Å². The molecule has 0 unspecified atom stereocenters. The lowest BCUT2D eigenvalue weighted by molar-refractivity contribution is 0.426. The lowest BCUT2D eigenvalue weighted by Gasteiger charge is -2.09. The van der Waals surface area contributed by atoms with Crippen LogP contribution in [0.15, 0.2) is 104 Å². The maximum atomic E-state index is 9.47. The Morgan fingerprint density at radius 3 is 2.13 bits per heavy atom. The molecule has 4 heteroatoms. The van der Waals surface area contributed by atoms with Crippen molar-refractivity contribution in [2.45, 2.75) is 6.92 Å². The van der Waals surface area contributed by atoms with Crippen LogP contribution in [-0.4, -0.2) is 17.2 Å². The molecule has 0 atom stereocenters. The fraction of sp³-hybridized carbons (Fsp3) is 0.0370. The molecule has 2 N–H and O–H groups in total. The average molecular weight is 422 g/mol. The van der Waals surface area contributed by atoms with E-state index >= 15 is 0 Å². The molecule has 0 saturated carbocycles. The molecule has 4 aromatic carbocycles. The predicted molar refractivity (Wildman–Crippen MR) is 136 cm³/mol. The molecule has 0 fully saturated rings. The zero-order valence-electron chi connectivity index (χ0n) is 17.3. The Bertz CT molecular complexity index is 1350. The molecule has 0 radical (unpaired) electrons. The molecule has 5 rings (SSSR count). The molecule has 1 aromatic heterocycles. The van der Waals surface area contributed by atoms with Gasteiger partial charge in [0.25, 0.3) is 0 Å². The summed E-state index contributed by atoms with van der Waals surface area (Å²) in [4.78, 5) is 0. The Kier molecular flexibility index (Phi) is 6.33. The number of benzene rings is 4. The van der Waals surface area contributed by atoms with Crippen molar-refractivity contribution in [3.8, 4) is 22.3 Å². The highest BCUT2D eigenvalue weighted by Gasteiger charge is 2.13. The maximum absolute atomic E-state index is 9.47. The van der Waals surface area contributed by atoms with Crippen LogP contribution in [0.5, 0.6) is 0 Å². The third-order valence-electron chi connectivity index (χ3n) is 5.10. The summed E-state index contributed by atoms with van der Waals surface area (Å²) < 4.78 is 2.59. The van der Waals surface area contributed by atoms with Crippen LogP contribution in [0.25, 0.3) is 42.4 Å². The molecule has 5 aromatic rings. The van der Waals surface area contributed by atoms with Gasteiger partial charge in [0.2, 0.25) is 0 Å². The zero-order valence-corrected chi connectivity index (χ0v) is 18.1. The van der Waals surface area contributed by atoms with Crippen molar-refractivity contribution in [1.82, 2.24) is 0 Å². The van der Waals surface area contributed by atoms with Crippen LogP contribution in [0, 0.1) is 0 Å². The summed E-state index contributed by atoms with van der Waals surface area (Å²) in [5.41, 5.74) is 4.90. The van der Waals surface area contributed by atoms with Crippen molar-refractivity contribution in [1.29, 1.82) is 0 Å². The third kappa shape index (κ3) is 4.33. The number of rotatable bonds is 3. The minimum atomic E-state index is -1.46. The highest BCUT2D eigenvalue weighted by molar-refractivity contribution is 7.26. The van der Waals surface area contributed by atoms with E-state index in [9.17, 15) is 10.0 Å². The Balaban J connectivity index is 0.000000730. The molecule has 0 aliphatic heterocycles. The predicted octanol–water partition coefficient (Wildman–Crippen LogP) is 6.26. The Morgan fingerprint density at radius 2 is 1.35 bits per heavy atom. The Hall–Kier alpha value is -3.18. The maximum Gasteiger partial charge on any atom is 0.488 e. The second-order valence-electron chi connectivity index (χ2n) is 7.27. The van der Waals surface area contributed by atoms with Crippen LogP contribution in [0.2, 0.25) is 0 Å². The lowest BCUT2D eigenvalue weighted by atomic mass is 9.79. The molecule has 0 bridgehead atoms. The summed E-state index contributed by atoms with van der Waals surface area (Å²) in [6, 6.07) is 30.8. The molecule has 0 amide bonds. The quantitative estimate of drug-likeness (QED) is 0.266. The first-order chi connectivity index (χ1) is 15.1. The van der Waals surface area contributed by atoms with E-state index in [0.717, 1.165) is 16.7 Å². The highest BCUT2D eigenvalue weighted by Crippen LogP contribution is 2.40. The largest absolute Gasteiger partial charge is 0.488 e. The zero-order chi connectivity index (χ0) is 21.8. The fourth-order valence-corrected chi connectivity index (χ4v) is 4.96. The van der Waals surface area contributed by atoms with Crippen LogP contribution in [0.3, 0.4) is 0 Å². The van der Waals surface area contributed by atoms with Crippen molar-refractivity contribution in [3.05, 3.63) is 104 Å². The van der Waals surface area contributed by atoms with E-state index < -0.39 is 7.12 Å². The van der Waals surface area contributed by atoms with E-state index in [-0.39, 0.29) is 0 Å². The van der Waals surface area contributed by atoms with Crippen molar-refractivity contribution in [2.24, 2.45) is 0 Å².